The second-order valence-electron chi connectivity index (χ2n) is 5.83. The normalized spacial score (nSPS) is 12.1. The Labute approximate surface area is 156 Å². The fourth-order valence-electron chi connectivity index (χ4n) is 2.49. The average Bonchev–Trinajstić information content (AvgIpc) is 3.29. The molecule has 0 saturated heterocycles. The van der Waals surface area contributed by atoms with Crippen LogP contribution in [0, 0.1) is 0 Å². The lowest BCUT2D eigenvalue weighted by Crippen LogP contribution is -2.28. The zero-order valence-electron chi connectivity index (χ0n) is 14.7. The molecule has 0 bridgehead atoms. The van der Waals surface area contributed by atoms with Crippen LogP contribution < -0.4 is 11.2 Å². The second-order valence-corrected chi connectivity index (χ2v) is 6.77. The molecule has 2 aromatic heterocycles. The molecular formula is C18H21N5O2S. The predicted molar refractivity (Wildman–Crippen MR) is 101 cm³/mol. The van der Waals surface area contributed by atoms with E-state index >= 15 is 0 Å². The first kappa shape index (κ1) is 18.1. The summed E-state index contributed by atoms with van der Waals surface area (Å²) in [6.07, 6.45) is 2.54. The van der Waals surface area contributed by atoms with E-state index in [1.54, 1.807) is 18.4 Å². The summed E-state index contributed by atoms with van der Waals surface area (Å²) < 4.78 is 6.59. The minimum Gasteiger partial charge on any atom is -0.461 e. The Morgan fingerprint density at radius 2 is 2.08 bits per heavy atom. The first-order chi connectivity index (χ1) is 12.6. The van der Waals surface area contributed by atoms with Gasteiger partial charge in [0.2, 0.25) is 16.9 Å². The number of nitrogen functional groups attached to an aromatic ring is 1. The van der Waals surface area contributed by atoms with E-state index < -0.39 is 0 Å². The van der Waals surface area contributed by atoms with E-state index in [2.05, 4.69) is 34.6 Å². The molecular weight excluding hydrogens is 350 g/mol. The van der Waals surface area contributed by atoms with Gasteiger partial charge in [-0.2, -0.15) is 0 Å². The molecule has 0 aliphatic rings. The Balaban J connectivity index is 1.55. The van der Waals surface area contributed by atoms with Gasteiger partial charge in [0.25, 0.3) is 0 Å². The minimum absolute atomic E-state index is 0.0663. The smallest absolute Gasteiger partial charge is 0.230 e. The molecule has 136 valence electrons. The van der Waals surface area contributed by atoms with Crippen molar-refractivity contribution >= 4 is 17.7 Å². The molecule has 3 N–H and O–H groups in total. The summed E-state index contributed by atoms with van der Waals surface area (Å²) in [6.45, 7) is 4.08. The number of carbonyl (C=O) groups is 1. The van der Waals surface area contributed by atoms with Crippen molar-refractivity contribution in [2.75, 3.05) is 11.6 Å². The lowest BCUT2D eigenvalue weighted by Gasteiger charge is -2.14. The van der Waals surface area contributed by atoms with Crippen molar-refractivity contribution in [2.45, 2.75) is 31.5 Å². The van der Waals surface area contributed by atoms with Gasteiger partial charge in [0.15, 0.2) is 5.76 Å². The highest BCUT2D eigenvalue weighted by Gasteiger charge is 2.16. The summed E-state index contributed by atoms with van der Waals surface area (Å²) in [5, 5.41) is 11.4. The molecule has 0 radical (unpaired) electrons. The van der Waals surface area contributed by atoms with Crippen LogP contribution in [-0.4, -0.2) is 26.5 Å². The molecule has 1 amide bonds. The number of aromatic nitrogens is 3. The summed E-state index contributed by atoms with van der Waals surface area (Å²) in [5.74, 6) is 7.03. The average molecular weight is 371 g/mol. The number of carbonyl (C=O) groups excluding carboxylic acids is 1. The third-order valence-electron chi connectivity index (χ3n) is 4.00. The van der Waals surface area contributed by atoms with Gasteiger partial charge in [-0.05, 0) is 36.6 Å². The van der Waals surface area contributed by atoms with Crippen LogP contribution >= 0.6 is 11.8 Å². The SMILES string of the molecule is CCc1ccc([C@@H](C)NC(=O)CSc2nnc(-c3ccco3)n2N)cc1. The fraction of sp³-hybridized carbons (Fsp3) is 0.278. The van der Waals surface area contributed by atoms with Gasteiger partial charge in [-0.1, -0.05) is 43.0 Å². The van der Waals surface area contributed by atoms with Gasteiger partial charge < -0.3 is 15.6 Å². The van der Waals surface area contributed by atoms with Crippen molar-refractivity contribution in [1.82, 2.24) is 20.2 Å². The number of furan rings is 1. The summed E-state index contributed by atoms with van der Waals surface area (Å²) >= 11 is 1.23. The quantitative estimate of drug-likeness (QED) is 0.489. The van der Waals surface area contributed by atoms with Crippen LogP contribution in [-0.2, 0) is 11.2 Å². The number of nitrogens with one attached hydrogen (secondary N) is 1. The zero-order chi connectivity index (χ0) is 18.5. The van der Waals surface area contributed by atoms with E-state index in [9.17, 15) is 4.79 Å². The topological polar surface area (TPSA) is 99.0 Å². The van der Waals surface area contributed by atoms with Gasteiger partial charge in [-0.3, -0.25) is 4.79 Å². The predicted octanol–water partition coefficient (Wildman–Crippen LogP) is 2.78. The van der Waals surface area contributed by atoms with E-state index in [0.717, 1.165) is 12.0 Å². The number of aryl methyl sites for hydroxylation is 1. The van der Waals surface area contributed by atoms with E-state index in [4.69, 9.17) is 10.3 Å². The van der Waals surface area contributed by atoms with Gasteiger partial charge in [0.1, 0.15) is 0 Å². The molecule has 0 aliphatic carbocycles. The molecule has 2 heterocycles. The number of amides is 1. The Kier molecular flexibility index (Phi) is 5.62. The van der Waals surface area contributed by atoms with Gasteiger partial charge in [-0.15, -0.1) is 10.2 Å². The van der Waals surface area contributed by atoms with Crippen LogP contribution in [0.4, 0.5) is 0 Å². The lowest BCUT2D eigenvalue weighted by atomic mass is 10.1. The molecule has 0 aliphatic heterocycles. The highest BCUT2D eigenvalue weighted by molar-refractivity contribution is 7.99. The Hall–Kier alpha value is -2.74. The molecule has 1 aromatic carbocycles. The standard InChI is InChI=1S/C18H21N5O2S/c1-3-13-6-8-14(9-7-13)12(2)20-16(24)11-26-18-22-21-17(23(18)19)15-5-4-10-25-15/h4-10,12H,3,11,19H2,1-2H3,(H,20,24)/t12-/m1/s1. The summed E-state index contributed by atoms with van der Waals surface area (Å²) in [6, 6.07) is 11.7. The van der Waals surface area contributed by atoms with Crippen LogP contribution in [0.5, 0.6) is 0 Å². The molecule has 0 saturated carbocycles. The van der Waals surface area contributed by atoms with Crippen LogP contribution in [0.3, 0.4) is 0 Å². The lowest BCUT2D eigenvalue weighted by molar-refractivity contribution is -0.119. The molecule has 3 aromatic rings. The van der Waals surface area contributed by atoms with E-state index in [1.165, 1.54) is 22.0 Å². The van der Waals surface area contributed by atoms with Crippen LogP contribution in [0.25, 0.3) is 11.6 Å². The molecule has 1 atom stereocenters. The van der Waals surface area contributed by atoms with Crippen molar-refractivity contribution in [3.63, 3.8) is 0 Å². The number of thioether (sulfide) groups is 1. The Morgan fingerprint density at radius 3 is 2.73 bits per heavy atom. The van der Waals surface area contributed by atoms with Crippen LogP contribution in [0.15, 0.2) is 52.2 Å². The third kappa shape index (κ3) is 4.08. The van der Waals surface area contributed by atoms with Crippen molar-refractivity contribution in [1.29, 1.82) is 0 Å². The number of hydrogen-bond donors (Lipinski definition) is 2. The van der Waals surface area contributed by atoms with Crippen molar-refractivity contribution in [2.24, 2.45) is 0 Å². The minimum atomic E-state index is -0.0929. The summed E-state index contributed by atoms with van der Waals surface area (Å²) in [5.41, 5.74) is 2.35. The highest BCUT2D eigenvalue weighted by atomic mass is 32.2. The summed E-state index contributed by atoms with van der Waals surface area (Å²) in [4.78, 5) is 12.2. The van der Waals surface area contributed by atoms with E-state index in [0.29, 0.717) is 16.7 Å². The highest BCUT2D eigenvalue weighted by Crippen LogP contribution is 2.22. The molecule has 0 unspecified atom stereocenters. The molecule has 0 spiro atoms. The maximum atomic E-state index is 12.2. The maximum Gasteiger partial charge on any atom is 0.230 e. The second kappa shape index (κ2) is 8.09. The number of nitrogens with zero attached hydrogens (tertiary/aromatic N) is 3. The third-order valence-corrected chi connectivity index (χ3v) is 4.95. The number of benzene rings is 1. The van der Waals surface area contributed by atoms with Crippen molar-refractivity contribution in [3.8, 4) is 11.6 Å². The Bertz CT molecular complexity index is 858. The van der Waals surface area contributed by atoms with Gasteiger partial charge in [-0.25, -0.2) is 4.68 Å². The van der Waals surface area contributed by atoms with Crippen LogP contribution in [0.1, 0.15) is 31.0 Å². The largest absolute Gasteiger partial charge is 0.461 e. The van der Waals surface area contributed by atoms with Crippen molar-refractivity contribution < 1.29 is 9.21 Å². The molecule has 0 fully saturated rings. The van der Waals surface area contributed by atoms with E-state index in [1.807, 2.05) is 19.1 Å². The van der Waals surface area contributed by atoms with Gasteiger partial charge in [0.05, 0.1) is 18.1 Å². The molecule has 3 rings (SSSR count). The number of hydrogen-bond acceptors (Lipinski definition) is 6. The van der Waals surface area contributed by atoms with Crippen LogP contribution in [0.2, 0.25) is 0 Å². The fourth-order valence-corrected chi connectivity index (χ4v) is 3.16. The summed E-state index contributed by atoms with van der Waals surface area (Å²) in [7, 11) is 0. The molecule has 26 heavy (non-hydrogen) atoms. The monoisotopic (exact) mass is 371 g/mol. The first-order valence-corrected chi connectivity index (χ1v) is 9.32. The molecule has 8 heteroatoms. The number of rotatable bonds is 7. The Morgan fingerprint density at radius 1 is 1.31 bits per heavy atom. The molecule has 7 nitrogen and oxygen atoms in total. The van der Waals surface area contributed by atoms with Gasteiger partial charge in [0, 0.05) is 0 Å². The first-order valence-electron chi connectivity index (χ1n) is 8.33. The maximum absolute atomic E-state index is 12.2. The van der Waals surface area contributed by atoms with E-state index in [-0.39, 0.29) is 17.7 Å². The van der Waals surface area contributed by atoms with Gasteiger partial charge >= 0.3 is 0 Å². The van der Waals surface area contributed by atoms with Crippen molar-refractivity contribution in [3.05, 3.63) is 53.8 Å². The number of nitrogens with two attached hydrogens (primary N) is 1. The zero-order valence-corrected chi connectivity index (χ0v) is 15.5.